The van der Waals surface area contributed by atoms with Gasteiger partial charge >= 0.3 is 0 Å². The smallest absolute Gasteiger partial charge is 0.264 e. The lowest BCUT2D eigenvalue weighted by Gasteiger charge is -2.36. The van der Waals surface area contributed by atoms with Gasteiger partial charge in [0.15, 0.2) is 0 Å². The van der Waals surface area contributed by atoms with Crippen LogP contribution in [0.1, 0.15) is 27.9 Å². The van der Waals surface area contributed by atoms with Crippen LogP contribution in [0, 0.1) is 0 Å². The molecule has 0 atom stereocenters. The predicted octanol–water partition coefficient (Wildman–Crippen LogP) is 4.31. The number of aromatic nitrogens is 2. The molecule has 0 fully saturated rings. The number of nitrogens with zero attached hydrogens (tertiary/aromatic N) is 1. The zero-order valence-electron chi connectivity index (χ0n) is 17.2. The minimum atomic E-state index is -3.51. The van der Waals surface area contributed by atoms with Gasteiger partial charge in [-0.15, -0.1) is 0 Å². The van der Waals surface area contributed by atoms with Gasteiger partial charge in [0.2, 0.25) is 0 Å². The Bertz CT molecular complexity index is 1120. The van der Waals surface area contributed by atoms with E-state index in [1.165, 1.54) is 0 Å². The maximum Gasteiger partial charge on any atom is 0.264 e. The topological polar surface area (TPSA) is 72.1 Å². The van der Waals surface area contributed by atoms with Crippen LogP contribution in [0.3, 0.4) is 0 Å². The first kappa shape index (κ1) is 21.0. The second-order valence-corrected chi connectivity index (χ2v) is 9.04. The molecule has 0 unspecified atom stereocenters. The molecule has 0 radical (unpaired) electrons. The predicted molar refractivity (Wildman–Crippen MR) is 121 cm³/mol. The van der Waals surface area contributed by atoms with E-state index >= 15 is 0 Å². The highest BCUT2D eigenvalue weighted by Crippen LogP contribution is 2.45. The van der Waals surface area contributed by atoms with Crippen LogP contribution in [-0.4, -0.2) is 31.5 Å². The maximum absolute atomic E-state index is 11.5. The summed E-state index contributed by atoms with van der Waals surface area (Å²) in [4.78, 5) is 0. The summed E-state index contributed by atoms with van der Waals surface area (Å²) >= 11 is 0. The zero-order valence-corrected chi connectivity index (χ0v) is 18.0. The lowest BCUT2D eigenvalue weighted by atomic mass is 9.66. The van der Waals surface area contributed by atoms with Gasteiger partial charge in [0.1, 0.15) is 0 Å². The molecule has 0 bridgehead atoms. The minimum Gasteiger partial charge on any atom is -0.281 e. The van der Waals surface area contributed by atoms with Crippen LogP contribution >= 0.6 is 0 Å². The summed E-state index contributed by atoms with van der Waals surface area (Å²) in [7, 11) is -3.51. The third-order valence-corrected chi connectivity index (χ3v) is 5.98. The molecular formula is C25H24N2O3S. The van der Waals surface area contributed by atoms with Crippen molar-refractivity contribution in [2.45, 2.75) is 11.8 Å². The summed E-state index contributed by atoms with van der Waals surface area (Å²) in [5, 5.41) is 7.58. The van der Waals surface area contributed by atoms with E-state index in [1.807, 2.05) is 54.6 Å². The number of H-pyrrole nitrogens is 1. The zero-order chi connectivity index (χ0) is 21.7. The number of hydrogen-bond acceptors (Lipinski definition) is 4. The SMILES string of the molecule is CS(=O)(=O)OCCc1cn[nH]c1C(c1ccccc1)(c1ccccc1)c1ccccc1. The van der Waals surface area contributed by atoms with Crippen molar-refractivity contribution >= 4 is 10.1 Å². The first-order chi connectivity index (χ1) is 15.0. The molecule has 0 aliphatic carbocycles. The molecule has 158 valence electrons. The van der Waals surface area contributed by atoms with Gasteiger partial charge in [-0.1, -0.05) is 91.0 Å². The van der Waals surface area contributed by atoms with Crippen molar-refractivity contribution in [3.05, 3.63) is 125 Å². The standard InChI is InChI=1S/C25H24N2O3S/c1-31(28,29)30-18-17-20-19-26-27-24(20)25(21-11-5-2-6-12-21,22-13-7-3-8-14-22)23-15-9-4-10-16-23/h2-16,19H,17-18H2,1H3,(H,26,27). The fourth-order valence-electron chi connectivity index (χ4n) is 4.13. The van der Waals surface area contributed by atoms with Crippen LogP contribution in [-0.2, 0) is 26.1 Å². The van der Waals surface area contributed by atoms with E-state index in [4.69, 9.17) is 4.18 Å². The van der Waals surface area contributed by atoms with Crippen molar-refractivity contribution in [2.75, 3.05) is 12.9 Å². The summed E-state index contributed by atoms with van der Waals surface area (Å²) in [6, 6.07) is 30.8. The molecule has 0 saturated carbocycles. The lowest BCUT2D eigenvalue weighted by molar-refractivity contribution is 0.325. The second-order valence-electron chi connectivity index (χ2n) is 7.39. The summed E-state index contributed by atoms with van der Waals surface area (Å²) in [6.07, 6.45) is 3.23. The van der Waals surface area contributed by atoms with Crippen LogP contribution in [0.4, 0.5) is 0 Å². The monoisotopic (exact) mass is 432 g/mol. The molecule has 4 rings (SSSR count). The van der Waals surface area contributed by atoms with E-state index in [-0.39, 0.29) is 6.61 Å². The van der Waals surface area contributed by atoms with Crippen molar-refractivity contribution in [2.24, 2.45) is 0 Å². The fraction of sp³-hybridized carbons (Fsp3) is 0.160. The Morgan fingerprint density at radius 3 is 1.68 bits per heavy atom. The number of hydrogen-bond donors (Lipinski definition) is 1. The molecule has 0 aliphatic heterocycles. The fourth-order valence-corrected chi connectivity index (χ4v) is 4.51. The first-order valence-electron chi connectivity index (χ1n) is 10.1. The van der Waals surface area contributed by atoms with Gasteiger partial charge in [0.05, 0.1) is 30.2 Å². The van der Waals surface area contributed by atoms with Crippen molar-refractivity contribution in [1.82, 2.24) is 10.2 Å². The van der Waals surface area contributed by atoms with Crippen LogP contribution in [0.5, 0.6) is 0 Å². The van der Waals surface area contributed by atoms with E-state index in [1.54, 1.807) is 6.20 Å². The van der Waals surface area contributed by atoms with Crippen molar-refractivity contribution in [3.8, 4) is 0 Å². The highest BCUT2D eigenvalue weighted by Gasteiger charge is 2.41. The normalized spacial score (nSPS) is 12.0. The summed E-state index contributed by atoms with van der Waals surface area (Å²) in [6.45, 7) is 0.0554. The average Bonchev–Trinajstić information content (AvgIpc) is 3.25. The Hall–Kier alpha value is -3.22. The molecule has 0 amide bonds. The van der Waals surface area contributed by atoms with E-state index < -0.39 is 15.5 Å². The molecule has 5 nitrogen and oxygen atoms in total. The van der Waals surface area contributed by atoms with E-state index in [2.05, 4.69) is 46.6 Å². The van der Waals surface area contributed by atoms with Crippen molar-refractivity contribution < 1.29 is 12.6 Å². The molecule has 3 aromatic carbocycles. The van der Waals surface area contributed by atoms with Crippen molar-refractivity contribution in [1.29, 1.82) is 0 Å². The third kappa shape index (κ3) is 4.31. The molecule has 0 spiro atoms. The second kappa shape index (κ2) is 8.88. The average molecular weight is 433 g/mol. The van der Waals surface area contributed by atoms with E-state index in [0.29, 0.717) is 6.42 Å². The van der Waals surface area contributed by atoms with E-state index in [0.717, 1.165) is 34.2 Å². The number of rotatable bonds is 8. The van der Waals surface area contributed by atoms with Gasteiger partial charge in [0, 0.05) is 6.42 Å². The Kier molecular flexibility index (Phi) is 6.02. The van der Waals surface area contributed by atoms with Gasteiger partial charge in [-0.05, 0) is 22.3 Å². The molecule has 31 heavy (non-hydrogen) atoms. The molecular weight excluding hydrogens is 408 g/mol. The molecule has 0 saturated heterocycles. The summed E-state index contributed by atoms with van der Waals surface area (Å²) < 4.78 is 27.9. The highest BCUT2D eigenvalue weighted by atomic mass is 32.2. The lowest BCUT2D eigenvalue weighted by Crippen LogP contribution is -2.32. The Morgan fingerprint density at radius 1 is 0.806 bits per heavy atom. The quantitative estimate of drug-likeness (QED) is 0.333. The van der Waals surface area contributed by atoms with Gasteiger partial charge in [-0.2, -0.15) is 13.5 Å². The van der Waals surface area contributed by atoms with Crippen LogP contribution in [0.15, 0.2) is 97.2 Å². The molecule has 1 heterocycles. The number of aromatic amines is 1. The van der Waals surface area contributed by atoms with Crippen LogP contribution < -0.4 is 0 Å². The minimum absolute atomic E-state index is 0.0554. The number of benzene rings is 3. The van der Waals surface area contributed by atoms with Crippen molar-refractivity contribution in [3.63, 3.8) is 0 Å². The largest absolute Gasteiger partial charge is 0.281 e. The maximum atomic E-state index is 11.5. The highest BCUT2D eigenvalue weighted by molar-refractivity contribution is 7.85. The third-order valence-electron chi connectivity index (χ3n) is 5.38. The Labute approximate surface area is 182 Å². The van der Waals surface area contributed by atoms with Crippen LogP contribution in [0.2, 0.25) is 0 Å². The molecule has 4 aromatic rings. The Balaban J connectivity index is 1.96. The molecule has 0 aliphatic rings. The molecule has 6 heteroatoms. The summed E-state index contributed by atoms with van der Waals surface area (Å²) in [5.74, 6) is 0. The molecule has 1 N–H and O–H groups in total. The van der Waals surface area contributed by atoms with Gasteiger partial charge in [0.25, 0.3) is 10.1 Å². The molecule has 1 aromatic heterocycles. The van der Waals surface area contributed by atoms with Crippen LogP contribution in [0.25, 0.3) is 0 Å². The first-order valence-corrected chi connectivity index (χ1v) is 11.9. The van der Waals surface area contributed by atoms with Gasteiger partial charge in [-0.25, -0.2) is 0 Å². The Morgan fingerprint density at radius 2 is 1.26 bits per heavy atom. The van der Waals surface area contributed by atoms with E-state index in [9.17, 15) is 8.42 Å². The van der Waals surface area contributed by atoms with Gasteiger partial charge < -0.3 is 0 Å². The van der Waals surface area contributed by atoms with Gasteiger partial charge in [-0.3, -0.25) is 9.28 Å². The number of nitrogens with one attached hydrogen (secondary N) is 1. The summed E-state index contributed by atoms with van der Waals surface area (Å²) in [5.41, 5.74) is 4.40.